The first-order valence-corrected chi connectivity index (χ1v) is 13.5. The van der Waals surface area contributed by atoms with Gasteiger partial charge in [-0.2, -0.15) is 0 Å². The fourth-order valence-corrected chi connectivity index (χ4v) is 4.62. The van der Waals surface area contributed by atoms with Gasteiger partial charge in [-0.15, -0.1) is 0 Å². The first-order valence-electron chi connectivity index (χ1n) is 13.5. The van der Waals surface area contributed by atoms with Crippen molar-refractivity contribution in [1.82, 2.24) is 0 Å². The third-order valence-corrected chi connectivity index (χ3v) is 6.67. The van der Waals surface area contributed by atoms with Crippen LogP contribution in [0, 0.1) is 0 Å². The molecule has 0 unspecified atom stereocenters. The van der Waals surface area contributed by atoms with Crippen molar-refractivity contribution in [2.75, 3.05) is 62.5 Å². The molecule has 44 heavy (non-hydrogen) atoms. The SMILES string of the molecule is C=CCOc1c(OC)cc(C(O)(c2cc(OC)c(OCC=C)c(OC)c2)c2cc(OC)c(OCC=C)c(OC)c2)cc1OC. The highest BCUT2D eigenvalue weighted by atomic mass is 16.5. The molecule has 0 bridgehead atoms. The van der Waals surface area contributed by atoms with E-state index in [0.717, 1.165) is 0 Å². The summed E-state index contributed by atoms with van der Waals surface area (Å²) in [7, 11) is 8.96. The topological polar surface area (TPSA) is 103 Å². The number of rotatable bonds is 18. The van der Waals surface area contributed by atoms with E-state index in [4.69, 9.17) is 42.6 Å². The zero-order valence-electron chi connectivity index (χ0n) is 26.1. The van der Waals surface area contributed by atoms with Crippen LogP contribution in [0.25, 0.3) is 0 Å². The van der Waals surface area contributed by atoms with E-state index in [-0.39, 0.29) is 19.8 Å². The highest BCUT2D eigenvalue weighted by Crippen LogP contribution is 2.51. The molecule has 0 aromatic heterocycles. The summed E-state index contributed by atoms with van der Waals surface area (Å²) in [4.78, 5) is 0. The average molecular weight is 609 g/mol. The minimum Gasteiger partial charge on any atom is -0.493 e. The highest BCUT2D eigenvalue weighted by molar-refractivity contribution is 5.65. The molecule has 0 saturated heterocycles. The van der Waals surface area contributed by atoms with Gasteiger partial charge in [0.25, 0.3) is 0 Å². The number of aliphatic hydroxyl groups is 1. The number of ether oxygens (including phenoxy) is 9. The highest BCUT2D eigenvalue weighted by Gasteiger charge is 2.39. The van der Waals surface area contributed by atoms with Gasteiger partial charge in [-0.3, -0.25) is 0 Å². The monoisotopic (exact) mass is 608 g/mol. The largest absolute Gasteiger partial charge is 0.493 e. The van der Waals surface area contributed by atoms with Crippen LogP contribution in [-0.4, -0.2) is 67.6 Å². The van der Waals surface area contributed by atoms with Crippen molar-refractivity contribution in [2.45, 2.75) is 5.60 Å². The summed E-state index contributed by atoms with van der Waals surface area (Å²) in [6.45, 7) is 11.8. The molecule has 0 aliphatic rings. The van der Waals surface area contributed by atoms with Gasteiger partial charge in [0, 0.05) is 16.7 Å². The van der Waals surface area contributed by atoms with Gasteiger partial charge in [0.15, 0.2) is 34.5 Å². The zero-order valence-corrected chi connectivity index (χ0v) is 26.1. The van der Waals surface area contributed by atoms with Gasteiger partial charge in [-0.25, -0.2) is 0 Å². The minimum absolute atomic E-state index is 0.206. The molecule has 0 radical (unpaired) electrons. The smallest absolute Gasteiger partial charge is 0.203 e. The molecule has 0 fully saturated rings. The van der Waals surface area contributed by atoms with Crippen LogP contribution < -0.4 is 42.6 Å². The lowest BCUT2D eigenvalue weighted by atomic mass is 9.79. The molecule has 3 aromatic carbocycles. The van der Waals surface area contributed by atoms with Gasteiger partial charge in [-0.1, -0.05) is 38.0 Å². The lowest BCUT2D eigenvalue weighted by Gasteiger charge is -2.33. The van der Waals surface area contributed by atoms with E-state index in [9.17, 15) is 5.11 Å². The van der Waals surface area contributed by atoms with Gasteiger partial charge < -0.3 is 47.7 Å². The predicted molar refractivity (Wildman–Crippen MR) is 168 cm³/mol. The third kappa shape index (κ3) is 6.65. The fourth-order valence-electron chi connectivity index (χ4n) is 4.62. The Kier molecular flexibility index (Phi) is 11.8. The van der Waals surface area contributed by atoms with E-state index >= 15 is 0 Å². The van der Waals surface area contributed by atoms with Crippen LogP contribution >= 0.6 is 0 Å². The van der Waals surface area contributed by atoms with Gasteiger partial charge >= 0.3 is 0 Å². The summed E-state index contributed by atoms with van der Waals surface area (Å²) in [6.07, 6.45) is 4.81. The lowest BCUT2D eigenvalue weighted by molar-refractivity contribution is 0.123. The van der Waals surface area contributed by atoms with Gasteiger partial charge in [0.2, 0.25) is 17.2 Å². The Morgan fingerprint density at radius 3 is 0.841 bits per heavy atom. The van der Waals surface area contributed by atoms with Gasteiger partial charge in [-0.05, 0) is 36.4 Å². The number of benzene rings is 3. The Morgan fingerprint density at radius 1 is 0.477 bits per heavy atom. The van der Waals surface area contributed by atoms with E-state index in [0.29, 0.717) is 68.4 Å². The Labute approximate surface area is 258 Å². The van der Waals surface area contributed by atoms with E-state index < -0.39 is 5.60 Å². The molecule has 0 aliphatic carbocycles. The van der Waals surface area contributed by atoms with E-state index in [1.54, 1.807) is 54.6 Å². The Hall–Kier alpha value is -4.96. The summed E-state index contributed by atoms with van der Waals surface area (Å²) in [6, 6.07) is 9.94. The second kappa shape index (κ2) is 15.5. The van der Waals surface area contributed by atoms with Crippen LogP contribution in [0.4, 0.5) is 0 Å². The van der Waals surface area contributed by atoms with Crippen LogP contribution in [0.3, 0.4) is 0 Å². The van der Waals surface area contributed by atoms with Crippen molar-refractivity contribution in [2.24, 2.45) is 0 Å². The van der Waals surface area contributed by atoms with E-state index in [1.807, 2.05) is 0 Å². The first-order chi connectivity index (χ1) is 21.3. The second-order valence-electron chi connectivity index (χ2n) is 9.14. The molecule has 0 atom stereocenters. The molecule has 10 nitrogen and oxygen atoms in total. The summed E-state index contributed by atoms with van der Waals surface area (Å²) in [5.41, 5.74) is -0.869. The van der Waals surface area contributed by atoms with Crippen molar-refractivity contribution in [3.05, 3.63) is 91.1 Å². The van der Waals surface area contributed by atoms with Gasteiger partial charge in [0.05, 0.1) is 42.7 Å². The lowest BCUT2D eigenvalue weighted by Crippen LogP contribution is -2.29. The number of hydrogen-bond donors (Lipinski definition) is 1. The fraction of sp³-hybridized carbons (Fsp3) is 0.294. The van der Waals surface area contributed by atoms with Crippen LogP contribution in [0.2, 0.25) is 0 Å². The van der Waals surface area contributed by atoms with Crippen molar-refractivity contribution in [3.8, 4) is 51.7 Å². The molecule has 3 aromatic rings. The molecular weight excluding hydrogens is 568 g/mol. The Bertz CT molecular complexity index is 1210. The summed E-state index contributed by atoms with van der Waals surface area (Å²) in [5, 5.41) is 13.0. The number of hydrogen-bond acceptors (Lipinski definition) is 10. The van der Waals surface area contributed by atoms with Crippen LogP contribution in [0.1, 0.15) is 16.7 Å². The van der Waals surface area contributed by atoms with Crippen LogP contribution in [-0.2, 0) is 5.60 Å². The van der Waals surface area contributed by atoms with E-state index in [1.165, 1.54) is 42.7 Å². The second-order valence-corrected chi connectivity index (χ2v) is 9.14. The Balaban J connectivity index is 2.48. The molecule has 0 aliphatic heterocycles. The molecule has 0 amide bonds. The van der Waals surface area contributed by atoms with Crippen molar-refractivity contribution in [1.29, 1.82) is 0 Å². The van der Waals surface area contributed by atoms with Crippen LogP contribution in [0.5, 0.6) is 51.7 Å². The Morgan fingerprint density at radius 2 is 0.682 bits per heavy atom. The van der Waals surface area contributed by atoms with Crippen molar-refractivity contribution in [3.63, 3.8) is 0 Å². The number of methoxy groups -OCH3 is 6. The summed E-state index contributed by atoms with van der Waals surface area (Å²) >= 11 is 0. The average Bonchev–Trinajstić information content (AvgIpc) is 3.06. The zero-order chi connectivity index (χ0) is 32.3. The quantitative estimate of drug-likeness (QED) is 0.143. The first kappa shape index (κ1) is 33.5. The van der Waals surface area contributed by atoms with Crippen LogP contribution in [0.15, 0.2) is 74.4 Å². The van der Waals surface area contributed by atoms with Crippen molar-refractivity contribution >= 4 is 0 Å². The standard InChI is InChI=1S/C34H40O10/c1-10-13-42-31-25(36-4)16-22(17-26(31)37-5)34(35,23-18-27(38-6)32(43-14-11-2)28(19-23)39-7)24-20-29(40-8)33(44-15-12-3)30(21-24)41-9/h10-12,16-21,35H,1-3,13-15H2,4-9H3. The minimum atomic E-state index is -1.92. The summed E-state index contributed by atoms with van der Waals surface area (Å²) in [5.74, 6) is 2.91. The predicted octanol–water partition coefficient (Wildman–Crippen LogP) is 5.72. The molecule has 0 saturated carbocycles. The normalized spacial score (nSPS) is 10.7. The van der Waals surface area contributed by atoms with Gasteiger partial charge in [0.1, 0.15) is 25.4 Å². The molecule has 3 rings (SSSR count). The summed E-state index contributed by atoms with van der Waals surface area (Å²) < 4.78 is 51.7. The molecule has 236 valence electrons. The molecule has 1 N–H and O–H groups in total. The molecule has 10 heteroatoms. The maximum atomic E-state index is 13.0. The third-order valence-electron chi connectivity index (χ3n) is 6.67. The van der Waals surface area contributed by atoms with E-state index in [2.05, 4.69) is 19.7 Å². The maximum absolute atomic E-state index is 13.0. The molecular formula is C34H40O10. The molecule has 0 spiro atoms. The van der Waals surface area contributed by atoms with Crippen molar-refractivity contribution < 1.29 is 47.7 Å². The maximum Gasteiger partial charge on any atom is 0.203 e. The molecule has 0 heterocycles.